The summed E-state index contributed by atoms with van der Waals surface area (Å²) >= 11 is 0. The number of benzene rings is 2. The summed E-state index contributed by atoms with van der Waals surface area (Å²) < 4.78 is 0. The summed E-state index contributed by atoms with van der Waals surface area (Å²) in [6.07, 6.45) is 1.58. The number of aromatic nitrogens is 1. The SMILES string of the molecule is Cc1cccnc1N(C(=O)c1ccccc1)C(=O)c1ccccc1. The van der Waals surface area contributed by atoms with E-state index < -0.39 is 11.8 Å². The van der Waals surface area contributed by atoms with E-state index in [4.69, 9.17) is 0 Å². The number of carbonyl (C=O) groups excluding carboxylic acids is 2. The lowest BCUT2D eigenvalue weighted by atomic mass is 10.1. The van der Waals surface area contributed by atoms with Gasteiger partial charge in [0, 0.05) is 17.3 Å². The second-order valence-electron chi connectivity index (χ2n) is 5.32. The molecule has 0 fully saturated rings. The fraction of sp³-hybridized carbons (Fsp3) is 0.0500. The van der Waals surface area contributed by atoms with E-state index in [-0.39, 0.29) is 0 Å². The molecule has 4 nitrogen and oxygen atoms in total. The van der Waals surface area contributed by atoms with Crippen LogP contribution in [0.5, 0.6) is 0 Å². The van der Waals surface area contributed by atoms with Gasteiger partial charge in [0.05, 0.1) is 0 Å². The van der Waals surface area contributed by atoms with E-state index >= 15 is 0 Å². The van der Waals surface area contributed by atoms with Gasteiger partial charge < -0.3 is 0 Å². The van der Waals surface area contributed by atoms with Gasteiger partial charge in [-0.25, -0.2) is 9.88 Å². The highest BCUT2D eigenvalue weighted by molar-refractivity contribution is 6.25. The van der Waals surface area contributed by atoms with E-state index in [1.807, 2.05) is 25.1 Å². The molecule has 0 aliphatic rings. The van der Waals surface area contributed by atoms with Gasteiger partial charge in [-0.3, -0.25) is 9.59 Å². The predicted molar refractivity (Wildman–Crippen MR) is 93.0 cm³/mol. The van der Waals surface area contributed by atoms with Gasteiger partial charge in [0.1, 0.15) is 5.82 Å². The van der Waals surface area contributed by atoms with Crippen LogP contribution < -0.4 is 4.90 Å². The summed E-state index contributed by atoms with van der Waals surface area (Å²) in [7, 11) is 0. The normalized spacial score (nSPS) is 10.2. The molecule has 0 N–H and O–H groups in total. The van der Waals surface area contributed by atoms with Gasteiger partial charge in [0.25, 0.3) is 11.8 Å². The lowest BCUT2D eigenvalue weighted by Crippen LogP contribution is -2.38. The van der Waals surface area contributed by atoms with E-state index in [1.165, 1.54) is 0 Å². The van der Waals surface area contributed by atoms with Crippen LogP contribution in [0.15, 0.2) is 79.0 Å². The third-order valence-electron chi connectivity index (χ3n) is 3.64. The molecule has 0 aliphatic heterocycles. The highest BCUT2D eigenvalue weighted by Gasteiger charge is 2.27. The number of anilines is 1. The van der Waals surface area contributed by atoms with Gasteiger partial charge in [-0.05, 0) is 42.8 Å². The monoisotopic (exact) mass is 316 g/mol. The smallest absolute Gasteiger partial charge is 0.266 e. The van der Waals surface area contributed by atoms with Crippen molar-refractivity contribution in [2.24, 2.45) is 0 Å². The summed E-state index contributed by atoms with van der Waals surface area (Å²) in [6.45, 7) is 1.83. The number of pyridine rings is 1. The lowest BCUT2D eigenvalue weighted by Gasteiger charge is -2.21. The zero-order valence-corrected chi connectivity index (χ0v) is 13.2. The predicted octanol–water partition coefficient (Wildman–Crippen LogP) is 3.88. The highest BCUT2D eigenvalue weighted by atomic mass is 16.2. The number of rotatable bonds is 3. The number of amides is 2. The molecule has 1 heterocycles. The van der Waals surface area contributed by atoms with Crippen molar-refractivity contribution in [1.29, 1.82) is 0 Å². The van der Waals surface area contributed by atoms with Crippen molar-refractivity contribution in [1.82, 2.24) is 4.98 Å². The summed E-state index contributed by atoms with van der Waals surface area (Å²) in [5.74, 6) is -0.447. The quantitative estimate of drug-likeness (QED) is 0.689. The topological polar surface area (TPSA) is 50.3 Å². The molecule has 0 saturated heterocycles. The molecule has 118 valence electrons. The molecule has 2 aromatic carbocycles. The maximum atomic E-state index is 13.0. The van der Waals surface area contributed by atoms with Crippen LogP contribution in [0.3, 0.4) is 0 Å². The van der Waals surface area contributed by atoms with Crippen LogP contribution >= 0.6 is 0 Å². The van der Waals surface area contributed by atoms with Gasteiger partial charge in [-0.2, -0.15) is 0 Å². The molecule has 0 saturated carbocycles. The summed E-state index contributed by atoms with van der Waals surface area (Å²) in [4.78, 5) is 31.3. The fourth-order valence-electron chi connectivity index (χ4n) is 2.42. The molecule has 3 rings (SSSR count). The van der Waals surface area contributed by atoms with Crippen LogP contribution in [0, 0.1) is 6.92 Å². The number of nitrogens with zero attached hydrogens (tertiary/aromatic N) is 2. The minimum absolute atomic E-state index is 0.347. The van der Waals surface area contributed by atoms with Crippen molar-refractivity contribution in [3.63, 3.8) is 0 Å². The Hall–Kier alpha value is -3.27. The minimum Gasteiger partial charge on any atom is -0.268 e. The van der Waals surface area contributed by atoms with Gasteiger partial charge in [0.2, 0.25) is 0 Å². The molecule has 0 atom stereocenters. The minimum atomic E-state index is -0.397. The molecule has 2 amide bonds. The molecule has 4 heteroatoms. The van der Waals surface area contributed by atoms with Gasteiger partial charge in [-0.1, -0.05) is 42.5 Å². The molecular formula is C20H16N2O2. The Labute approximate surface area is 140 Å². The first-order chi connectivity index (χ1) is 11.7. The van der Waals surface area contributed by atoms with E-state index in [2.05, 4.69) is 4.98 Å². The van der Waals surface area contributed by atoms with E-state index in [0.29, 0.717) is 16.9 Å². The van der Waals surface area contributed by atoms with Crippen molar-refractivity contribution < 1.29 is 9.59 Å². The Morgan fingerprint density at radius 3 is 1.71 bits per heavy atom. The molecule has 0 aliphatic carbocycles. The Morgan fingerprint density at radius 1 is 0.750 bits per heavy atom. The van der Waals surface area contributed by atoms with Crippen LogP contribution in [0.1, 0.15) is 26.3 Å². The standard InChI is InChI=1S/C20H16N2O2/c1-15-9-8-14-21-18(15)22(19(23)16-10-4-2-5-11-16)20(24)17-12-6-3-7-13-17/h2-14H,1H3. The van der Waals surface area contributed by atoms with Crippen molar-refractivity contribution in [3.8, 4) is 0 Å². The average Bonchev–Trinajstić information content (AvgIpc) is 2.64. The second-order valence-corrected chi connectivity index (χ2v) is 5.32. The number of hydrogen-bond donors (Lipinski definition) is 0. The molecule has 3 aromatic rings. The van der Waals surface area contributed by atoms with E-state index in [1.54, 1.807) is 60.8 Å². The maximum absolute atomic E-state index is 13.0. The molecule has 0 unspecified atom stereocenters. The zero-order chi connectivity index (χ0) is 16.9. The first kappa shape index (κ1) is 15.6. The van der Waals surface area contributed by atoms with Crippen molar-refractivity contribution in [2.75, 3.05) is 4.90 Å². The Morgan fingerprint density at radius 2 is 1.25 bits per heavy atom. The second kappa shape index (κ2) is 6.87. The number of imide groups is 1. The van der Waals surface area contributed by atoms with Crippen LogP contribution in [-0.2, 0) is 0 Å². The maximum Gasteiger partial charge on any atom is 0.266 e. The molecule has 24 heavy (non-hydrogen) atoms. The molecule has 0 radical (unpaired) electrons. The Kier molecular flexibility index (Phi) is 4.47. The summed E-state index contributed by atoms with van der Waals surface area (Å²) in [5.41, 5.74) is 1.63. The number of aryl methyl sites for hydroxylation is 1. The van der Waals surface area contributed by atoms with Crippen LogP contribution in [0.25, 0.3) is 0 Å². The van der Waals surface area contributed by atoms with E-state index in [0.717, 1.165) is 10.5 Å². The van der Waals surface area contributed by atoms with Crippen molar-refractivity contribution in [2.45, 2.75) is 6.92 Å². The first-order valence-corrected chi connectivity index (χ1v) is 7.59. The number of hydrogen-bond acceptors (Lipinski definition) is 3. The summed E-state index contributed by atoms with van der Waals surface area (Å²) in [6, 6.07) is 21.1. The highest BCUT2D eigenvalue weighted by Crippen LogP contribution is 2.21. The van der Waals surface area contributed by atoms with Gasteiger partial charge in [0.15, 0.2) is 0 Å². The molecular weight excluding hydrogens is 300 g/mol. The fourth-order valence-corrected chi connectivity index (χ4v) is 2.42. The summed E-state index contributed by atoms with van der Waals surface area (Å²) in [5, 5.41) is 0. The Bertz CT molecular complexity index is 810. The van der Waals surface area contributed by atoms with E-state index in [9.17, 15) is 9.59 Å². The average molecular weight is 316 g/mol. The molecule has 0 spiro atoms. The molecule has 1 aromatic heterocycles. The van der Waals surface area contributed by atoms with Crippen molar-refractivity contribution >= 4 is 17.6 Å². The zero-order valence-electron chi connectivity index (χ0n) is 13.2. The largest absolute Gasteiger partial charge is 0.268 e. The Balaban J connectivity index is 2.10. The third-order valence-corrected chi connectivity index (χ3v) is 3.64. The van der Waals surface area contributed by atoms with Gasteiger partial charge in [-0.15, -0.1) is 0 Å². The van der Waals surface area contributed by atoms with Crippen LogP contribution in [0.4, 0.5) is 5.82 Å². The van der Waals surface area contributed by atoms with Crippen LogP contribution in [-0.4, -0.2) is 16.8 Å². The molecule has 0 bridgehead atoms. The van der Waals surface area contributed by atoms with Gasteiger partial charge >= 0.3 is 0 Å². The number of carbonyl (C=O) groups is 2. The van der Waals surface area contributed by atoms with Crippen LogP contribution in [0.2, 0.25) is 0 Å². The lowest BCUT2D eigenvalue weighted by molar-refractivity contribution is 0.0896. The third kappa shape index (κ3) is 3.08. The first-order valence-electron chi connectivity index (χ1n) is 7.59. The van der Waals surface area contributed by atoms with Crippen molar-refractivity contribution in [3.05, 3.63) is 95.7 Å².